The lowest BCUT2D eigenvalue weighted by Crippen LogP contribution is -2.08. The van der Waals surface area contributed by atoms with Gasteiger partial charge in [-0.2, -0.15) is 0 Å². The Bertz CT molecular complexity index is 1580. The van der Waals surface area contributed by atoms with Gasteiger partial charge in [0.1, 0.15) is 17.1 Å². The predicted octanol–water partition coefficient (Wildman–Crippen LogP) is 6.71. The lowest BCUT2D eigenvalue weighted by Gasteiger charge is -2.11. The number of pyridine rings is 1. The van der Waals surface area contributed by atoms with Crippen LogP contribution in [0.4, 0.5) is 5.69 Å². The van der Waals surface area contributed by atoms with Gasteiger partial charge in [-0.05, 0) is 48.9 Å². The summed E-state index contributed by atoms with van der Waals surface area (Å²) >= 11 is 0. The third-order valence-corrected chi connectivity index (χ3v) is 5.94. The third kappa shape index (κ3) is 4.34. The van der Waals surface area contributed by atoms with Gasteiger partial charge in [0.25, 0.3) is 0 Å². The van der Waals surface area contributed by atoms with Gasteiger partial charge in [-0.1, -0.05) is 24.3 Å². The molecule has 0 saturated carbocycles. The topological polar surface area (TPSA) is 73.6 Å². The van der Waals surface area contributed by atoms with E-state index in [1.165, 1.54) is 0 Å². The van der Waals surface area contributed by atoms with E-state index in [0.717, 1.165) is 44.3 Å². The number of nitrogens with zero attached hydrogens (tertiary/aromatic N) is 1. The summed E-state index contributed by atoms with van der Waals surface area (Å²) in [4.78, 5) is 17.2. The van der Waals surface area contributed by atoms with Crippen LogP contribution in [0.2, 0.25) is 0 Å². The fourth-order valence-electron chi connectivity index (χ4n) is 4.21. The zero-order valence-electron chi connectivity index (χ0n) is 19.7. The van der Waals surface area contributed by atoms with Crippen LogP contribution in [0.5, 0.6) is 11.5 Å². The number of allylic oxidation sites excluding steroid dienone is 1. The minimum atomic E-state index is -0.231. The van der Waals surface area contributed by atoms with Crippen molar-refractivity contribution in [3.63, 3.8) is 0 Å². The highest BCUT2D eigenvalue weighted by Crippen LogP contribution is 2.40. The highest BCUT2D eigenvalue weighted by atomic mass is 16.5. The number of ether oxygens (including phenoxy) is 2. The average Bonchev–Trinajstić information content (AvgIpc) is 3.30. The molecule has 0 radical (unpaired) electrons. The Morgan fingerprint density at radius 3 is 2.60 bits per heavy atom. The number of rotatable bonds is 6. The number of furan rings is 1. The average molecular weight is 465 g/mol. The van der Waals surface area contributed by atoms with E-state index in [-0.39, 0.29) is 5.91 Å². The summed E-state index contributed by atoms with van der Waals surface area (Å²) < 4.78 is 17.0. The molecule has 0 saturated heterocycles. The summed E-state index contributed by atoms with van der Waals surface area (Å²) in [7, 11) is 3.25. The van der Waals surface area contributed by atoms with Gasteiger partial charge in [0.05, 0.1) is 26.0 Å². The van der Waals surface area contributed by atoms with Crippen LogP contribution in [0.25, 0.3) is 38.6 Å². The van der Waals surface area contributed by atoms with Crippen molar-refractivity contribution in [2.24, 2.45) is 0 Å². The summed E-state index contributed by atoms with van der Waals surface area (Å²) in [6.45, 7) is 1.89. The number of carbonyl (C=O) groups excluding carboxylic acids is 1. The number of benzene rings is 3. The minimum Gasteiger partial charge on any atom is -0.496 e. The van der Waals surface area contributed by atoms with Crippen LogP contribution in [-0.2, 0) is 4.79 Å². The molecular weight excluding hydrogens is 440 g/mol. The van der Waals surface area contributed by atoms with Crippen molar-refractivity contribution in [3.8, 4) is 22.6 Å². The Kier molecular flexibility index (Phi) is 5.94. The Morgan fingerprint density at radius 1 is 0.943 bits per heavy atom. The SMILES string of the molecule is COc1cc2occ(-c3ccccc3OC)c2cc1/C(C)=C/C(=O)Nc1ccc2ncccc2c1. The Morgan fingerprint density at radius 2 is 1.77 bits per heavy atom. The monoisotopic (exact) mass is 464 g/mol. The molecule has 1 amide bonds. The van der Waals surface area contributed by atoms with Crippen LogP contribution in [0.15, 0.2) is 89.7 Å². The van der Waals surface area contributed by atoms with E-state index in [1.54, 1.807) is 32.8 Å². The number of hydrogen-bond donors (Lipinski definition) is 1. The van der Waals surface area contributed by atoms with E-state index >= 15 is 0 Å². The molecule has 3 aromatic carbocycles. The molecule has 0 aliphatic carbocycles. The Balaban J connectivity index is 1.50. The number of anilines is 1. The van der Waals surface area contributed by atoms with Crippen LogP contribution in [-0.4, -0.2) is 25.1 Å². The van der Waals surface area contributed by atoms with Gasteiger partial charge >= 0.3 is 0 Å². The number of methoxy groups -OCH3 is 2. The molecule has 0 atom stereocenters. The van der Waals surface area contributed by atoms with E-state index in [9.17, 15) is 4.79 Å². The summed E-state index contributed by atoms with van der Waals surface area (Å²) in [5, 5.41) is 4.80. The first-order valence-electron chi connectivity index (χ1n) is 11.1. The molecule has 2 aromatic heterocycles. The van der Waals surface area contributed by atoms with Gasteiger partial charge in [0.2, 0.25) is 5.91 Å². The van der Waals surface area contributed by atoms with E-state index in [1.807, 2.05) is 73.7 Å². The van der Waals surface area contributed by atoms with Crippen LogP contribution in [0.1, 0.15) is 12.5 Å². The number of carbonyl (C=O) groups is 1. The van der Waals surface area contributed by atoms with Gasteiger partial charge in [-0.3, -0.25) is 9.78 Å². The molecule has 2 heterocycles. The molecule has 6 heteroatoms. The number of nitrogens with one attached hydrogen (secondary N) is 1. The molecule has 0 fully saturated rings. The van der Waals surface area contributed by atoms with Crippen molar-refractivity contribution in [1.82, 2.24) is 4.98 Å². The first kappa shape index (κ1) is 22.2. The van der Waals surface area contributed by atoms with Gasteiger partial charge in [0, 0.05) is 51.5 Å². The quantitative estimate of drug-likeness (QED) is 0.283. The largest absolute Gasteiger partial charge is 0.496 e. The van der Waals surface area contributed by atoms with Crippen LogP contribution in [0, 0.1) is 0 Å². The van der Waals surface area contributed by atoms with E-state index in [0.29, 0.717) is 17.0 Å². The molecule has 0 unspecified atom stereocenters. The number of aromatic nitrogens is 1. The highest BCUT2D eigenvalue weighted by Gasteiger charge is 2.17. The van der Waals surface area contributed by atoms with Gasteiger partial charge in [-0.25, -0.2) is 0 Å². The molecule has 5 rings (SSSR count). The summed E-state index contributed by atoms with van der Waals surface area (Å²) in [6.07, 6.45) is 5.03. The second-order valence-corrected chi connectivity index (χ2v) is 8.13. The third-order valence-electron chi connectivity index (χ3n) is 5.94. The number of fused-ring (bicyclic) bond motifs is 2. The number of amides is 1. The van der Waals surface area contributed by atoms with Crippen molar-refractivity contribution in [2.75, 3.05) is 19.5 Å². The standard InChI is InChI=1S/C29H24N2O4/c1-18(13-29(32)31-20-10-11-25-19(14-20)7-6-12-30-25)22-15-23-24(17-35-28(23)16-27(22)34-3)21-8-4-5-9-26(21)33-2/h4-17H,1-3H3,(H,31,32)/b18-13+. The van der Waals surface area contributed by atoms with E-state index < -0.39 is 0 Å². The van der Waals surface area contributed by atoms with Crippen molar-refractivity contribution in [3.05, 3.63) is 90.8 Å². The molecule has 0 aliphatic rings. The Hall–Kier alpha value is -4.58. The maximum atomic E-state index is 12.8. The van der Waals surface area contributed by atoms with Crippen LogP contribution >= 0.6 is 0 Å². The lowest BCUT2D eigenvalue weighted by molar-refractivity contribution is -0.111. The first-order chi connectivity index (χ1) is 17.1. The normalized spacial score (nSPS) is 11.6. The Labute approximate surface area is 202 Å². The van der Waals surface area contributed by atoms with Gasteiger partial charge < -0.3 is 19.2 Å². The fraction of sp³-hybridized carbons (Fsp3) is 0.103. The zero-order valence-corrected chi connectivity index (χ0v) is 19.7. The molecule has 1 N–H and O–H groups in total. The van der Waals surface area contributed by atoms with Crippen molar-refractivity contribution >= 4 is 39.0 Å². The van der Waals surface area contributed by atoms with Crippen molar-refractivity contribution in [1.29, 1.82) is 0 Å². The van der Waals surface area contributed by atoms with Crippen LogP contribution in [0.3, 0.4) is 0 Å². The van der Waals surface area contributed by atoms with E-state index in [2.05, 4.69) is 10.3 Å². The zero-order chi connectivity index (χ0) is 24.4. The smallest absolute Gasteiger partial charge is 0.248 e. The maximum Gasteiger partial charge on any atom is 0.248 e. The van der Waals surface area contributed by atoms with E-state index in [4.69, 9.17) is 13.9 Å². The van der Waals surface area contributed by atoms with Crippen LogP contribution < -0.4 is 14.8 Å². The number of hydrogen-bond acceptors (Lipinski definition) is 5. The van der Waals surface area contributed by atoms with Gasteiger partial charge in [0.15, 0.2) is 0 Å². The molecule has 0 spiro atoms. The fourth-order valence-corrected chi connectivity index (χ4v) is 4.21. The van der Waals surface area contributed by atoms with Crippen molar-refractivity contribution in [2.45, 2.75) is 6.92 Å². The summed E-state index contributed by atoms with van der Waals surface area (Å²) in [6, 6.07) is 21.1. The molecule has 35 heavy (non-hydrogen) atoms. The highest BCUT2D eigenvalue weighted by molar-refractivity contribution is 6.06. The summed E-state index contributed by atoms with van der Waals surface area (Å²) in [5.74, 6) is 1.14. The molecule has 6 nitrogen and oxygen atoms in total. The molecule has 0 bridgehead atoms. The molecule has 0 aliphatic heterocycles. The maximum absolute atomic E-state index is 12.8. The lowest BCUT2D eigenvalue weighted by atomic mass is 9.98. The van der Waals surface area contributed by atoms with Gasteiger partial charge in [-0.15, -0.1) is 0 Å². The predicted molar refractivity (Wildman–Crippen MR) is 139 cm³/mol. The van der Waals surface area contributed by atoms with Crippen molar-refractivity contribution < 1.29 is 18.7 Å². The number of para-hydroxylation sites is 1. The molecule has 174 valence electrons. The molecule has 5 aromatic rings. The molecular formula is C29H24N2O4. The second-order valence-electron chi connectivity index (χ2n) is 8.13. The first-order valence-corrected chi connectivity index (χ1v) is 11.1. The summed E-state index contributed by atoms with van der Waals surface area (Å²) in [5.41, 5.74) is 5.66. The second kappa shape index (κ2) is 9.35. The minimum absolute atomic E-state index is 0.231.